The molecule has 0 saturated heterocycles. The van der Waals surface area contributed by atoms with E-state index < -0.39 is 0 Å². The normalized spacial score (nSPS) is 11.0. The Labute approximate surface area is 80.7 Å². The van der Waals surface area contributed by atoms with Crippen LogP contribution in [0.15, 0.2) is 22.6 Å². The molecule has 0 aliphatic carbocycles. The lowest BCUT2D eigenvalue weighted by atomic mass is 10.1. The first-order chi connectivity index (χ1) is 6.22. The molecule has 2 aromatic rings. The summed E-state index contributed by atoms with van der Waals surface area (Å²) in [6.45, 7) is 1.82. The maximum Gasteiger partial charge on any atom is 0.134 e. The van der Waals surface area contributed by atoms with Crippen molar-refractivity contribution in [2.24, 2.45) is 0 Å². The Morgan fingerprint density at radius 2 is 2.23 bits per heavy atom. The summed E-state index contributed by atoms with van der Waals surface area (Å²) in [6, 6.07) is 5.39. The predicted octanol–water partition coefficient (Wildman–Crippen LogP) is 2.89. The minimum absolute atomic E-state index is 0.0147. The number of aliphatic hydroxyl groups is 1. The van der Waals surface area contributed by atoms with E-state index in [2.05, 4.69) is 0 Å². The SMILES string of the molecule is Cc1oc2ccc(Cl)cc2c1CO. The van der Waals surface area contributed by atoms with Crippen LogP contribution in [0.5, 0.6) is 0 Å². The Morgan fingerprint density at radius 3 is 2.92 bits per heavy atom. The second-order valence-corrected chi connectivity index (χ2v) is 3.37. The molecule has 0 aliphatic rings. The lowest BCUT2D eigenvalue weighted by Crippen LogP contribution is -1.82. The van der Waals surface area contributed by atoms with Gasteiger partial charge in [0.05, 0.1) is 6.61 Å². The zero-order chi connectivity index (χ0) is 9.42. The van der Waals surface area contributed by atoms with Crippen molar-refractivity contribution < 1.29 is 9.52 Å². The zero-order valence-corrected chi connectivity index (χ0v) is 7.93. The van der Waals surface area contributed by atoms with Gasteiger partial charge in [-0.3, -0.25) is 0 Å². The first-order valence-electron chi connectivity index (χ1n) is 4.01. The highest BCUT2D eigenvalue weighted by Crippen LogP contribution is 2.27. The molecule has 1 N–H and O–H groups in total. The molecule has 3 heteroatoms. The quantitative estimate of drug-likeness (QED) is 0.761. The minimum Gasteiger partial charge on any atom is -0.461 e. The molecule has 0 amide bonds. The highest BCUT2D eigenvalue weighted by molar-refractivity contribution is 6.31. The number of fused-ring (bicyclic) bond motifs is 1. The summed E-state index contributed by atoms with van der Waals surface area (Å²) in [5.74, 6) is 0.750. The Morgan fingerprint density at radius 1 is 1.46 bits per heavy atom. The third-order valence-corrected chi connectivity index (χ3v) is 2.35. The Bertz CT molecular complexity index is 445. The Balaban J connectivity index is 2.80. The fourth-order valence-electron chi connectivity index (χ4n) is 1.44. The van der Waals surface area contributed by atoms with Gasteiger partial charge in [0, 0.05) is 16.0 Å². The van der Waals surface area contributed by atoms with E-state index in [9.17, 15) is 0 Å². The van der Waals surface area contributed by atoms with Gasteiger partial charge in [-0.1, -0.05) is 11.6 Å². The van der Waals surface area contributed by atoms with Gasteiger partial charge in [0.25, 0.3) is 0 Å². The summed E-state index contributed by atoms with van der Waals surface area (Å²) in [6.07, 6.45) is 0. The Hall–Kier alpha value is -0.990. The molecule has 2 nitrogen and oxygen atoms in total. The molecule has 0 unspecified atom stereocenters. The maximum atomic E-state index is 9.09. The van der Waals surface area contributed by atoms with Gasteiger partial charge in [0.2, 0.25) is 0 Å². The number of aryl methyl sites for hydroxylation is 1. The lowest BCUT2D eigenvalue weighted by Gasteiger charge is -1.92. The van der Waals surface area contributed by atoms with Crippen molar-refractivity contribution in [2.45, 2.75) is 13.5 Å². The molecule has 1 aromatic heterocycles. The molecule has 68 valence electrons. The number of halogens is 1. The molecule has 2 rings (SSSR count). The number of rotatable bonds is 1. The third-order valence-electron chi connectivity index (χ3n) is 2.11. The standard InChI is InChI=1S/C10H9ClO2/c1-6-9(5-12)8-4-7(11)2-3-10(8)13-6/h2-4,12H,5H2,1H3. The summed E-state index contributed by atoms with van der Waals surface area (Å²) in [5, 5.41) is 10.6. The summed E-state index contributed by atoms with van der Waals surface area (Å²) >= 11 is 5.83. The first-order valence-corrected chi connectivity index (χ1v) is 4.38. The van der Waals surface area contributed by atoms with Crippen molar-refractivity contribution in [3.8, 4) is 0 Å². The van der Waals surface area contributed by atoms with Crippen molar-refractivity contribution in [2.75, 3.05) is 0 Å². The van der Waals surface area contributed by atoms with Crippen molar-refractivity contribution in [1.29, 1.82) is 0 Å². The topological polar surface area (TPSA) is 33.4 Å². The van der Waals surface area contributed by atoms with Gasteiger partial charge in [-0.2, -0.15) is 0 Å². The minimum atomic E-state index is -0.0147. The van der Waals surface area contributed by atoms with Crippen LogP contribution in [0.2, 0.25) is 5.02 Å². The van der Waals surface area contributed by atoms with Crippen molar-refractivity contribution >= 4 is 22.6 Å². The highest BCUT2D eigenvalue weighted by atomic mass is 35.5. The number of hydrogen-bond donors (Lipinski definition) is 1. The number of furan rings is 1. The predicted molar refractivity (Wildman–Crippen MR) is 51.9 cm³/mol. The number of hydrogen-bond acceptors (Lipinski definition) is 2. The van der Waals surface area contributed by atoms with Gasteiger partial charge in [-0.05, 0) is 25.1 Å². The fraction of sp³-hybridized carbons (Fsp3) is 0.200. The van der Waals surface area contributed by atoms with E-state index in [-0.39, 0.29) is 6.61 Å². The second kappa shape index (κ2) is 3.05. The van der Waals surface area contributed by atoms with Crippen LogP contribution in [-0.4, -0.2) is 5.11 Å². The van der Waals surface area contributed by atoms with Crippen molar-refractivity contribution in [3.05, 3.63) is 34.5 Å². The summed E-state index contributed by atoms with van der Waals surface area (Å²) in [5.41, 5.74) is 1.59. The van der Waals surface area contributed by atoms with Crippen LogP contribution in [-0.2, 0) is 6.61 Å². The molecule has 0 saturated carbocycles. The summed E-state index contributed by atoms with van der Waals surface area (Å²) in [7, 11) is 0. The lowest BCUT2D eigenvalue weighted by molar-refractivity contribution is 0.280. The number of benzene rings is 1. The van der Waals surface area contributed by atoms with Crippen LogP contribution in [0.4, 0.5) is 0 Å². The van der Waals surface area contributed by atoms with Crippen LogP contribution in [0.25, 0.3) is 11.0 Å². The fourth-order valence-corrected chi connectivity index (χ4v) is 1.61. The third kappa shape index (κ3) is 1.32. The molecule has 0 radical (unpaired) electrons. The molecular weight excluding hydrogens is 188 g/mol. The molecule has 0 bridgehead atoms. The number of aliphatic hydroxyl groups excluding tert-OH is 1. The van der Waals surface area contributed by atoms with Gasteiger partial charge in [0.15, 0.2) is 0 Å². The van der Waals surface area contributed by atoms with Crippen molar-refractivity contribution in [3.63, 3.8) is 0 Å². The van der Waals surface area contributed by atoms with Crippen LogP contribution >= 0.6 is 11.6 Å². The maximum absolute atomic E-state index is 9.09. The van der Waals surface area contributed by atoms with Crippen molar-refractivity contribution in [1.82, 2.24) is 0 Å². The zero-order valence-electron chi connectivity index (χ0n) is 7.17. The van der Waals surface area contributed by atoms with Gasteiger partial charge in [0.1, 0.15) is 11.3 Å². The van der Waals surface area contributed by atoms with Gasteiger partial charge < -0.3 is 9.52 Å². The summed E-state index contributed by atoms with van der Waals surface area (Å²) < 4.78 is 5.43. The first kappa shape index (κ1) is 8.60. The van der Waals surface area contributed by atoms with Gasteiger partial charge in [-0.25, -0.2) is 0 Å². The smallest absolute Gasteiger partial charge is 0.134 e. The second-order valence-electron chi connectivity index (χ2n) is 2.94. The van der Waals surface area contributed by atoms with E-state index in [1.807, 2.05) is 13.0 Å². The van der Waals surface area contributed by atoms with Crippen LogP contribution in [0, 0.1) is 6.92 Å². The van der Waals surface area contributed by atoms with E-state index in [1.54, 1.807) is 12.1 Å². The average Bonchev–Trinajstić information content (AvgIpc) is 2.40. The van der Waals surface area contributed by atoms with Crippen LogP contribution < -0.4 is 0 Å². The molecule has 1 aromatic carbocycles. The van der Waals surface area contributed by atoms with E-state index in [0.717, 1.165) is 22.3 Å². The molecular formula is C10H9ClO2. The molecule has 0 aliphatic heterocycles. The van der Waals surface area contributed by atoms with E-state index in [0.29, 0.717) is 5.02 Å². The van der Waals surface area contributed by atoms with E-state index in [4.69, 9.17) is 21.1 Å². The Kier molecular flexibility index (Phi) is 2.02. The van der Waals surface area contributed by atoms with Crippen LogP contribution in [0.1, 0.15) is 11.3 Å². The van der Waals surface area contributed by atoms with Gasteiger partial charge in [-0.15, -0.1) is 0 Å². The van der Waals surface area contributed by atoms with Crippen LogP contribution in [0.3, 0.4) is 0 Å². The molecule has 0 fully saturated rings. The molecule has 0 atom stereocenters. The van der Waals surface area contributed by atoms with E-state index >= 15 is 0 Å². The molecule has 13 heavy (non-hydrogen) atoms. The summed E-state index contributed by atoms with van der Waals surface area (Å²) in [4.78, 5) is 0. The average molecular weight is 197 g/mol. The largest absolute Gasteiger partial charge is 0.461 e. The molecule has 0 spiro atoms. The molecule has 1 heterocycles. The highest BCUT2D eigenvalue weighted by Gasteiger charge is 2.09. The van der Waals surface area contributed by atoms with Gasteiger partial charge >= 0.3 is 0 Å². The monoisotopic (exact) mass is 196 g/mol. The van der Waals surface area contributed by atoms with E-state index in [1.165, 1.54) is 0 Å².